The van der Waals surface area contributed by atoms with Crippen molar-refractivity contribution in [1.29, 1.82) is 0 Å². The lowest BCUT2D eigenvalue weighted by Crippen LogP contribution is -2.57. The summed E-state index contributed by atoms with van der Waals surface area (Å²) in [6, 6.07) is 15.6. The summed E-state index contributed by atoms with van der Waals surface area (Å²) in [5, 5.41) is 16.6. The summed E-state index contributed by atoms with van der Waals surface area (Å²) in [4.78, 5) is 45.9. The molecule has 3 saturated heterocycles. The first-order valence-electron chi connectivity index (χ1n) is 15.3. The Hall–Kier alpha value is -3.43. The molecule has 5 rings (SSSR count). The number of rotatable bonds is 12. The number of anilines is 2. The van der Waals surface area contributed by atoms with E-state index in [1.807, 2.05) is 68.4 Å². The molecule has 226 valence electrons. The smallest absolute Gasteiger partial charge is 0.250 e. The number of carbonyl (C=O) groups excluding carboxylic acids is 3. The first kappa shape index (κ1) is 30.0. The molecule has 3 heterocycles. The predicted octanol–water partition coefficient (Wildman–Crippen LogP) is 3.37. The van der Waals surface area contributed by atoms with Crippen LogP contribution in [0.25, 0.3) is 0 Å². The highest BCUT2D eigenvalue weighted by Gasteiger charge is 2.78. The molecule has 9 heteroatoms. The molecule has 2 aromatic rings. The summed E-state index contributed by atoms with van der Waals surface area (Å²) in [6.07, 6.45) is 2.20. The van der Waals surface area contributed by atoms with Gasteiger partial charge in [0, 0.05) is 31.0 Å². The third-order valence-corrected chi connectivity index (χ3v) is 9.48. The Labute approximate surface area is 248 Å². The van der Waals surface area contributed by atoms with E-state index in [0.717, 1.165) is 30.8 Å². The maximum absolute atomic E-state index is 14.4. The number of hydrogen-bond acceptors (Lipinski definition) is 6. The van der Waals surface area contributed by atoms with Crippen LogP contribution in [0.2, 0.25) is 0 Å². The molecule has 3 N–H and O–H groups in total. The molecule has 1 spiro atoms. The van der Waals surface area contributed by atoms with E-state index in [-0.39, 0.29) is 24.3 Å². The summed E-state index contributed by atoms with van der Waals surface area (Å²) in [5.41, 5.74) is 0.615. The van der Waals surface area contributed by atoms with Gasteiger partial charge in [-0.15, -0.1) is 0 Å². The van der Waals surface area contributed by atoms with E-state index >= 15 is 0 Å². The summed E-state index contributed by atoms with van der Waals surface area (Å²) in [7, 11) is 0. The topological polar surface area (TPSA) is 111 Å². The van der Waals surface area contributed by atoms with Crippen LogP contribution in [0.4, 0.5) is 11.4 Å². The minimum atomic E-state index is -1.16. The zero-order chi connectivity index (χ0) is 30.1. The predicted molar refractivity (Wildman–Crippen MR) is 162 cm³/mol. The molecule has 3 amide bonds. The van der Waals surface area contributed by atoms with Crippen molar-refractivity contribution in [3.05, 3.63) is 60.2 Å². The Balaban J connectivity index is 1.51. The van der Waals surface area contributed by atoms with Gasteiger partial charge in [0.05, 0.1) is 30.1 Å². The van der Waals surface area contributed by atoms with E-state index in [1.165, 1.54) is 4.90 Å². The second-order valence-corrected chi connectivity index (χ2v) is 12.0. The molecule has 42 heavy (non-hydrogen) atoms. The number of aliphatic hydroxyl groups is 1. The first-order chi connectivity index (χ1) is 20.2. The maximum atomic E-state index is 14.4. The summed E-state index contributed by atoms with van der Waals surface area (Å²) in [5.74, 6) is -2.40. The molecule has 0 saturated carbocycles. The van der Waals surface area contributed by atoms with E-state index < -0.39 is 35.1 Å². The fourth-order valence-corrected chi connectivity index (χ4v) is 7.51. The molecule has 2 bridgehead atoms. The number of likely N-dealkylation sites (tertiary alicyclic amines) is 1. The van der Waals surface area contributed by atoms with Crippen LogP contribution in [0.1, 0.15) is 52.5 Å². The van der Waals surface area contributed by atoms with Gasteiger partial charge >= 0.3 is 0 Å². The van der Waals surface area contributed by atoms with Gasteiger partial charge in [0.25, 0.3) is 0 Å². The second kappa shape index (κ2) is 12.1. The number of nitrogens with one attached hydrogen (secondary N) is 2. The Bertz CT molecular complexity index is 1280. The maximum Gasteiger partial charge on any atom is 0.250 e. The molecular formula is C33H44N4O5. The number of aliphatic hydroxyl groups excluding tert-OH is 1. The quantitative estimate of drug-likeness (QED) is 0.357. The average molecular weight is 577 g/mol. The Kier molecular flexibility index (Phi) is 8.62. The van der Waals surface area contributed by atoms with Gasteiger partial charge in [0.15, 0.2) is 0 Å². The lowest BCUT2D eigenvalue weighted by atomic mass is 9.66. The second-order valence-electron chi connectivity index (χ2n) is 12.0. The number of nitrogens with zero attached hydrogens (tertiary/aromatic N) is 2. The summed E-state index contributed by atoms with van der Waals surface area (Å²) >= 11 is 0. The van der Waals surface area contributed by atoms with Crippen molar-refractivity contribution in [3.63, 3.8) is 0 Å². The zero-order valence-corrected chi connectivity index (χ0v) is 25.1. The number of hydrogen-bond donors (Lipinski definition) is 3. The zero-order valence-electron chi connectivity index (χ0n) is 25.1. The molecule has 2 unspecified atom stereocenters. The lowest BCUT2D eigenvalue weighted by molar-refractivity contribution is -0.147. The number of carbonyl (C=O) groups is 3. The number of amides is 3. The molecule has 3 aliphatic heterocycles. The number of benzene rings is 2. The third kappa shape index (κ3) is 5.07. The molecule has 0 aliphatic carbocycles. The Morgan fingerprint density at radius 1 is 1.05 bits per heavy atom. The van der Waals surface area contributed by atoms with E-state index in [2.05, 4.69) is 29.4 Å². The van der Waals surface area contributed by atoms with Crippen LogP contribution < -0.4 is 15.5 Å². The SMILES string of the molecule is CCCNC(=O)[C@H]1[C@H]2C(=O)N([C@@H](CO)Cc3ccccc3)C(C(=O)Nc3ccc(N(CC)CC)cc3)C23CC[C@]1(C)O3. The van der Waals surface area contributed by atoms with Crippen molar-refractivity contribution in [2.24, 2.45) is 11.8 Å². The average Bonchev–Trinajstić information content (AvgIpc) is 3.57. The van der Waals surface area contributed by atoms with E-state index in [4.69, 9.17) is 4.74 Å². The highest BCUT2D eigenvalue weighted by Crippen LogP contribution is 2.63. The van der Waals surface area contributed by atoms with E-state index in [0.29, 0.717) is 31.5 Å². The van der Waals surface area contributed by atoms with Crippen LogP contribution in [0, 0.1) is 11.8 Å². The van der Waals surface area contributed by atoms with Crippen LogP contribution >= 0.6 is 0 Å². The number of ether oxygens (including phenoxy) is 1. The van der Waals surface area contributed by atoms with E-state index in [9.17, 15) is 19.5 Å². The molecule has 3 aliphatic rings. The van der Waals surface area contributed by atoms with Crippen LogP contribution in [-0.4, -0.2) is 77.3 Å². The van der Waals surface area contributed by atoms with Crippen molar-refractivity contribution in [2.45, 2.75) is 76.7 Å². The highest BCUT2D eigenvalue weighted by atomic mass is 16.5. The lowest BCUT2D eigenvalue weighted by Gasteiger charge is -2.37. The van der Waals surface area contributed by atoms with Crippen LogP contribution in [-0.2, 0) is 25.5 Å². The van der Waals surface area contributed by atoms with Crippen molar-refractivity contribution >= 4 is 29.1 Å². The molecule has 9 nitrogen and oxygen atoms in total. The van der Waals surface area contributed by atoms with Crippen molar-refractivity contribution in [3.8, 4) is 0 Å². The Morgan fingerprint density at radius 2 is 1.74 bits per heavy atom. The van der Waals surface area contributed by atoms with Crippen LogP contribution in [0.15, 0.2) is 54.6 Å². The van der Waals surface area contributed by atoms with Crippen molar-refractivity contribution in [1.82, 2.24) is 10.2 Å². The minimum Gasteiger partial charge on any atom is -0.394 e. The van der Waals surface area contributed by atoms with Gasteiger partial charge in [-0.3, -0.25) is 14.4 Å². The van der Waals surface area contributed by atoms with Crippen molar-refractivity contribution in [2.75, 3.05) is 36.5 Å². The highest BCUT2D eigenvalue weighted by molar-refractivity contribution is 6.04. The monoisotopic (exact) mass is 576 g/mol. The van der Waals surface area contributed by atoms with Gasteiger partial charge in [-0.1, -0.05) is 37.3 Å². The normalized spacial score (nSPS) is 28.5. The largest absolute Gasteiger partial charge is 0.394 e. The fourth-order valence-electron chi connectivity index (χ4n) is 7.51. The van der Waals surface area contributed by atoms with Gasteiger partial charge in [-0.2, -0.15) is 0 Å². The van der Waals surface area contributed by atoms with Gasteiger partial charge < -0.3 is 30.3 Å². The summed E-state index contributed by atoms with van der Waals surface area (Å²) in [6.45, 7) is 9.99. The van der Waals surface area contributed by atoms with Crippen molar-refractivity contribution < 1.29 is 24.2 Å². The van der Waals surface area contributed by atoms with Gasteiger partial charge in [0.1, 0.15) is 11.6 Å². The van der Waals surface area contributed by atoms with E-state index in [1.54, 1.807) is 0 Å². The van der Waals surface area contributed by atoms with Crippen LogP contribution in [0.3, 0.4) is 0 Å². The molecule has 0 aromatic heterocycles. The molecule has 3 fully saturated rings. The first-order valence-corrected chi connectivity index (χ1v) is 15.3. The molecule has 0 radical (unpaired) electrons. The standard InChI is InChI=1S/C33H44N4O5/c1-5-19-34-29(39)26-27-31(41)37(25(21-38)20-22-11-9-8-10-12-22)28(33(27)18-17-32(26,4)42-33)30(40)35-23-13-15-24(16-14-23)36(6-2)7-3/h8-16,25-28,38H,5-7,17-21H2,1-4H3,(H,34,39)(H,35,40)/t25-,26-,27+,28?,32+,33?/m1/s1. The van der Waals surface area contributed by atoms with Gasteiger partial charge in [-0.25, -0.2) is 0 Å². The Morgan fingerprint density at radius 3 is 2.36 bits per heavy atom. The minimum absolute atomic E-state index is 0.212. The van der Waals surface area contributed by atoms with Gasteiger partial charge in [0.2, 0.25) is 17.7 Å². The van der Waals surface area contributed by atoms with Gasteiger partial charge in [-0.05, 0) is 76.3 Å². The number of fused-ring (bicyclic) bond motifs is 1. The van der Waals surface area contributed by atoms with Crippen LogP contribution in [0.5, 0.6) is 0 Å². The molecular weight excluding hydrogens is 532 g/mol. The molecule has 6 atom stereocenters. The third-order valence-electron chi connectivity index (χ3n) is 9.48. The molecule has 2 aromatic carbocycles. The summed E-state index contributed by atoms with van der Waals surface area (Å²) < 4.78 is 6.71. The fraction of sp³-hybridized carbons (Fsp3) is 0.545.